The standard InChI is InChI=1S/C13H19F3N4OS/c1-19(2)11-8-10(13(14,15)16)17-12(18-11)20(3)9-4-6-22(21)7-5-9/h8-9H,4-7H2,1-3H3. The van der Waals surface area contributed by atoms with E-state index in [1.165, 1.54) is 4.90 Å². The van der Waals surface area contributed by atoms with Gasteiger partial charge in [-0.05, 0) is 12.8 Å². The van der Waals surface area contributed by atoms with Crippen LogP contribution in [-0.4, -0.2) is 52.9 Å². The molecule has 2 rings (SSSR count). The first-order valence-corrected chi connectivity index (χ1v) is 8.38. The fourth-order valence-electron chi connectivity index (χ4n) is 2.29. The Labute approximate surface area is 130 Å². The van der Waals surface area contributed by atoms with Crippen LogP contribution in [0.3, 0.4) is 0 Å². The number of rotatable bonds is 3. The van der Waals surface area contributed by atoms with E-state index < -0.39 is 22.7 Å². The Morgan fingerprint density at radius 1 is 1.18 bits per heavy atom. The molecular weight excluding hydrogens is 317 g/mol. The summed E-state index contributed by atoms with van der Waals surface area (Å²) in [5, 5.41) is 0. The summed E-state index contributed by atoms with van der Waals surface area (Å²) in [6.45, 7) is 0. The van der Waals surface area contributed by atoms with Crippen molar-refractivity contribution in [3.63, 3.8) is 0 Å². The molecule has 22 heavy (non-hydrogen) atoms. The van der Waals surface area contributed by atoms with E-state index in [0.29, 0.717) is 24.3 Å². The molecule has 5 nitrogen and oxygen atoms in total. The lowest BCUT2D eigenvalue weighted by Gasteiger charge is -2.31. The van der Waals surface area contributed by atoms with Crippen molar-refractivity contribution >= 4 is 22.6 Å². The molecular formula is C13H19F3N4OS. The molecule has 0 aliphatic carbocycles. The van der Waals surface area contributed by atoms with E-state index in [2.05, 4.69) is 9.97 Å². The summed E-state index contributed by atoms with van der Waals surface area (Å²) in [6.07, 6.45) is -3.18. The fourth-order valence-corrected chi connectivity index (χ4v) is 3.56. The highest BCUT2D eigenvalue weighted by Crippen LogP contribution is 2.31. The molecule has 1 saturated heterocycles. The lowest BCUT2D eigenvalue weighted by molar-refractivity contribution is -0.141. The van der Waals surface area contributed by atoms with Crippen LogP contribution in [0, 0.1) is 0 Å². The minimum absolute atomic E-state index is 0.0104. The van der Waals surface area contributed by atoms with Crippen LogP contribution in [0.2, 0.25) is 0 Å². The van der Waals surface area contributed by atoms with Crippen LogP contribution in [0.5, 0.6) is 0 Å². The van der Waals surface area contributed by atoms with Crippen molar-refractivity contribution in [1.29, 1.82) is 0 Å². The van der Waals surface area contributed by atoms with Crippen molar-refractivity contribution in [3.8, 4) is 0 Å². The predicted molar refractivity (Wildman–Crippen MR) is 80.7 cm³/mol. The molecule has 1 fully saturated rings. The number of halogens is 3. The number of hydrogen-bond acceptors (Lipinski definition) is 5. The first-order valence-electron chi connectivity index (χ1n) is 6.90. The van der Waals surface area contributed by atoms with Gasteiger partial charge in [0.1, 0.15) is 5.82 Å². The van der Waals surface area contributed by atoms with E-state index in [4.69, 9.17) is 0 Å². The minimum Gasteiger partial charge on any atom is -0.363 e. The summed E-state index contributed by atoms with van der Waals surface area (Å²) >= 11 is 0. The van der Waals surface area contributed by atoms with Crippen molar-refractivity contribution in [1.82, 2.24) is 9.97 Å². The summed E-state index contributed by atoms with van der Waals surface area (Å²) in [7, 11) is 4.14. The molecule has 0 radical (unpaired) electrons. The molecule has 1 aromatic heterocycles. The third kappa shape index (κ3) is 3.88. The molecule has 124 valence electrons. The maximum atomic E-state index is 13.0. The number of nitrogens with zero attached hydrogens (tertiary/aromatic N) is 4. The Balaban J connectivity index is 2.32. The van der Waals surface area contributed by atoms with Crippen LogP contribution in [0.4, 0.5) is 24.9 Å². The van der Waals surface area contributed by atoms with Gasteiger partial charge in [-0.2, -0.15) is 18.2 Å². The molecule has 0 bridgehead atoms. The van der Waals surface area contributed by atoms with Crippen LogP contribution in [0.25, 0.3) is 0 Å². The van der Waals surface area contributed by atoms with Gasteiger partial charge in [-0.15, -0.1) is 0 Å². The SMILES string of the molecule is CN(C)c1cc(C(F)(F)F)nc(N(C)C2CCS(=O)CC2)n1. The quantitative estimate of drug-likeness (QED) is 0.844. The first kappa shape index (κ1) is 17.0. The van der Waals surface area contributed by atoms with Crippen molar-refractivity contribution in [2.75, 3.05) is 42.4 Å². The van der Waals surface area contributed by atoms with Gasteiger partial charge in [0.15, 0.2) is 5.69 Å². The summed E-state index contributed by atoms with van der Waals surface area (Å²) in [6, 6.07) is 0.948. The van der Waals surface area contributed by atoms with E-state index >= 15 is 0 Å². The van der Waals surface area contributed by atoms with Crippen LogP contribution in [0.15, 0.2) is 6.07 Å². The average molecular weight is 336 g/mol. The lowest BCUT2D eigenvalue weighted by Crippen LogP contribution is -2.38. The molecule has 0 saturated carbocycles. The van der Waals surface area contributed by atoms with Gasteiger partial charge in [-0.1, -0.05) is 0 Å². The first-order chi connectivity index (χ1) is 10.2. The highest BCUT2D eigenvalue weighted by molar-refractivity contribution is 7.85. The fraction of sp³-hybridized carbons (Fsp3) is 0.692. The van der Waals surface area contributed by atoms with Gasteiger partial charge >= 0.3 is 6.18 Å². The second-order valence-corrected chi connectivity index (χ2v) is 7.19. The number of hydrogen-bond donors (Lipinski definition) is 0. The van der Waals surface area contributed by atoms with Crippen molar-refractivity contribution < 1.29 is 17.4 Å². The van der Waals surface area contributed by atoms with Crippen molar-refractivity contribution in [3.05, 3.63) is 11.8 Å². The molecule has 0 aromatic carbocycles. The van der Waals surface area contributed by atoms with Gasteiger partial charge in [0.25, 0.3) is 0 Å². The molecule has 1 aliphatic rings. The van der Waals surface area contributed by atoms with Gasteiger partial charge in [-0.25, -0.2) is 4.98 Å². The van der Waals surface area contributed by atoms with Gasteiger partial charge < -0.3 is 9.80 Å². The Morgan fingerprint density at radius 2 is 1.77 bits per heavy atom. The molecule has 0 unspecified atom stereocenters. The zero-order valence-corrected chi connectivity index (χ0v) is 13.5. The largest absolute Gasteiger partial charge is 0.433 e. The third-order valence-electron chi connectivity index (χ3n) is 3.67. The highest BCUT2D eigenvalue weighted by atomic mass is 32.2. The number of anilines is 2. The Hall–Kier alpha value is -1.38. The maximum absolute atomic E-state index is 13.0. The van der Waals surface area contributed by atoms with E-state index in [1.54, 1.807) is 26.0 Å². The molecule has 9 heteroatoms. The molecule has 0 amide bonds. The monoisotopic (exact) mass is 336 g/mol. The summed E-state index contributed by atoms with van der Waals surface area (Å²) < 4.78 is 50.4. The Morgan fingerprint density at radius 3 is 2.27 bits per heavy atom. The summed E-state index contributed by atoms with van der Waals surface area (Å²) in [5.74, 6) is 1.39. The molecule has 1 aliphatic heterocycles. The van der Waals surface area contributed by atoms with E-state index in [-0.39, 0.29) is 17.8 Å². The van der Waals surface area contributed by atoms with Gasteiger partial charge in [0.2, 0.25) is 5.95 Å². The van der Waals surface area contributed by atoms with Gasteiger partial charge in [-0.3, -0.25) is 4.21 Å². The highest BCUT2D eigenvalue weighted by Gasteiger charge is 2.35. The predicted octanol–water partition coefficient (Wildman–Crippen LogP) is 1.91. The molecule has 2 heterocycles. The average Bonchev–Trinajstić information content (AvgIpc) is 2.46. The van der Waals surface area contributed by atoms with Gasteiger partial charge in [0, 0.05) is 55.6 Å². The third-order valence-corrected chi connectivity index (χ3v) is 5.05. The summed E-state index contributed by atoms with van der Waals surface area (Å²) in [5.41, 5.74) is -0.951. The van der Waals surface area contributed by atoms with Gasteiger partial charge in [0.05, 0.1) is 0 Å². The van der Waals surface area contributed by atoms with E-state index in [1.807, 2.05) is 0 Å². The molecule has 1 aromatic rings. The zero-order chi connectivity index (χ0) is 16.5. The Bertz CT molecular complexity index is 555. The zero-order valence-electron chi connectivity index (χ0n) is 12.7. The molecule has 0 spiro atoms. The normalized spacial score (nSPS) is 22.5. The lowest BCUT2D eigenvalue weighted by atomic mass is 10.1. The van der Waals surface area contributed by atoms with Crippen molar-refractivity contribution in [2.24, 2.45) is 0 Å². The van der Waals surface area contributed by atoms with Crippen molar-refractivity contribution in [2.45, 2.75) is 25.1 Å². The number of aromatic nitrogens is 2. The van der Waals surface area contributed by atoms with Crippen LogP contribution in [-0.2, 0) is 17.0 Å². The van der Waals surface area contributed by atoms with Crippen LogP contribution < -0.4 is 9.80 Å². The minimum atomic E-state index is -4.52. The van der Waals surface area contributed by atoms with E-state index in [9.17, 15) is 17.4 Å². The second-order valence-electron chi connectivity index (χ2n) is 5.49. The van der Waals surface area contributed by atoms with Crippen LogP contribution in [0.1, 0.15) is 18.5 Å². The molecule has 0 N–H and O–H groups in total. The smallest absolute Gasteiger partial charge is 0.363 e. The topological polar surface area (TPSA) is 49.3 Å². The summed E-state index contributed by atoms with van der Waals surface area (Å²) in [4.78, 5) is 11.1. The van der Waals surface area contributed by atoms with E-state index in [0.717, 1.165) is 6.07 Å². The second kappa shape index (κ2) is 6.39. The Kier molecular flexibility index (Phi) is 4.93. The van der Waals surface area contributed by atoms with Crippen LogP contribution >= 0.6 is 0 Å². The number of alkyl halides is 3. The molecule has 0 atom stereocenters. The maximum Gasteiger partial charge on any atom is 0.433 e.